The number of Topliss-reactive ketones (excluding diaryl/α,β-unsaturated/α-hetero) is 1. The molecule has 0 spiro atoms. The summed E-state index contributed by atoms with van der Waals surface area (Å²) < 4.78 is 29.0. The normalized spacial score (nSPS) is 41.9. The second-order valence-corrected chi connectivity index (χ2v) is 9.09. The van der Waals surface area contributed by atoms with E-state index in [0.29, 0.717) is 6.42 Å². The van der Waals surface area contributed by atoms with Gasteiger partial charge in [-0.3, -0.25) is 9.59 Å². The maximum atomic E-state index is 13.2. The van der Waals surface area contributed by atoms with Crippen LogP contribution in [0.2, 0.25) is 0 Å². The van der Waals surface area contributed by atoms with Crippen LogP contribution in [-0.2, 0) is 33.3 Å². The highest BCUT2D eigenvalue weighted by Gasteiger charge is 2.76. The van der Waals surface area contributed by atoms with Crippen molar-refractivity contribution in [2.75, 3.05) is 20.5 Å². The first-order chi connectivity index (χ1) is 12.4. The van der Waals surface area contributed by atoms with Gasteiger partial charge in [-0.2, -0.15) is 0 Å². The molecule has 154 valence electrons. The fourth-order valence-electron chi connectivity index (χ4n) is 5.60. The monoisotopic (exact) mass is 384 g/mol. The number of carbonyl (C=O) groups is 2. The Morgan fingerprint density at radius 2 is 1.89 bits per heavy atom. The van der Waals surface area contributed by atoms with Crippen molar-refractivity contribution in [1.82, 2.24) is 0 Å². The summed E-state index contributed by atoms with van der Waals surface area (Å²) in [4.78, 5) is 26.1. The van der Waals surface area contributed by atoms with Crippen LogP contribution in [0.3, 0.4) is 0 Å². The standard InChI is InChI=1S/C20H32O7/c1-8-24-16(22)19(6)14(15-17(2,3)27-18(4,5)26-15)12-9-20(19,10-13(12)21)25-11-23-7/h12,14-15H,8-11H2,1-7H3/t12-,14+,15+,19-,20-/m1/s1. The summed E-state index contributed by atoms with van der Waals surface area (Å²) in [5.41, 5.74) is -2.64. The van der Waals surface area contributed by atoms with Crippen molar-refractivity contribution in [3.05, 3.63) is 0 Å². The quantitative estimate of drug-likeness (QED) is 0.514. The van der Waals surface area contributed by atoms with Crippen molar-refractivity contribution < 1.29 is 33.3 Å². The number of carbonyl (C=O) groups excluding carboxylic acids is 2. The zero-order valence-corrected chi connectivity index (χ0v) is 17.4. The second-order valence-electron chi connectivity index (χ2n) is 9.09. The lowest BCUT2D eigenvalue weighted by atomic mass is 9.61. The average molecular weight is 384 g/mol. The largest absolute Gasteiger partial charge is 0.465 e. The molecule has 1 aliphatic heterocycles. The summed E-state index contributed by atoms with van der Waals surface area (Å²) in [6, 6.07) is 0. The first-order valence-electron chi connectivity index (χ1n) is 9.65. The number of rotatable bonds is 6. The summed E-state index contributed by atoms with van der Waals surface area (Å²) >= 11 is 0. The summed E-state index contributed by atoms with van der Waals surface area (Å²) in [5.74, 6) is -1.79. The van der Waals surface area contributed by atoms with E-state index in [1.807, 2.05) is 34.6 Å². The summed E-state index contributed by atoms with van der Waals surface area (Å²) in [7, 11) is 1.53. The van der Waals surface area contributed by atoms with Crippen molar-refractivity contribution >= 4 is 11.8 Å². The molecule has 0 N–H and O–H groups in total. The molecule has 7 nitrogen and oxygen atoms in total. The summed E-state index contributed by atoms with van der Waals surface area (Å²) in [6.07, 6.45) is 0.208. The van der Waals surface area contributed by atoms with Gasteiger partial charge in [0.15, 0.2) is 5.79 Å². The van der Waals surface area contributed by atoms with E-state index in [1.54, 1.807) is 6.92 Å². The molecule has 5 atom stereocenters. The Kier molecular flexibility index (Phi) is 4.99. The minimum atomic E-state index is -1.04. The van der Waals surface area contributed by atoms with Crippen molar-refractivity contribution in [3.8, 4) is 0 Å². The highest BCUT2D eigenvalue weighted by Crippen LogP contribution is 2.66. The van der Waals surface area contributed by atoms with Crippen molar-refractivity contribution in [1.29, 1.82) is 0 Å². The van der Waals surface area contributed by atoms with Crippen LogP contribution in [0.5, 0.6) is 0 Å². The zero-order valence-electron chi connectivity index (χ0n) is 17.4. The Morgan fingerprint density at radius 3 is 2.41 bits per heavy atom. The third-order valence-electron chi connectivity index (χ3n) is 6.55. The van der Waals surface area contributed by atoms with Crippen LogP contribution in [0.15, 0.2) is 0 Å². The van der Waals surface area contributed by atoms with E-state index in [0.717, 1.165) is 0 Å². The summed E-state index contributed by atoms with van der Waals surface area (Å²) in [5, 5.41) is 0. The van der Waals surface area contributed by atoms with Gasteiger partial charge in [0.05, 0.1) is 23.9 Å². The van der Waals surface area contributed by atoms with E-state index in [4.69, 9.17) is 23.7 Å². The number of methoxy groups -OCH3 is 1. The SMILES string of the molecule is CCOC(=O)[C@@]1(C)[C@H]([C@@H]2OC(C)(C)OC2(C)C)[C@@H]2C[C@@]1(OCOC)CC2=O. The van der Waals surface area contributed by atoms with Crippen LogP contribution in [0.25, 0.3) is 0 Å². The molecule has 0 aromatic carbocycles. The molecular weight excluding hydrogens is 352 g/mol. The average Bonchev–Trinajstić information content (AvgIpc) is 3.08. The van der Waals surface area contributed by atoms with Gasteiger partial charge in [-0.05, 0) is 48.0 Å². The Hall–Kier alpha value is -1.02. The molecule has 3 rings (SSSR count). The van der Waals surface area contributed by atoms with Gasteiger partial charge in [0.25, 0.3) is 0 Å². The molecule has 0 radical (unpaired) electrons. The number of fused-ring (bicyclic) bond motifs is 2. The Labute approximate surface area is 161 Å². The molecule has 27 heavy (non-hydrogen) atoms. The highest BCUT2D eigenvalue weighted by atomic mass is 16.8. The fourth-order valence-corrected chi connectivity index (χ4v) is 5.60. The second kappa shape index (κ2) is 6.51. The van der Waals surface area contributed by atoms with Gasteiger partial charge >= 0.3 is 5.97 Å². The van der Waals surface area contributed by atoms with Crippen molar-refractivity contribution in [3.63, 3.8) is 0 Å². The van der Waals surface area contributed by atoms with Crippen LogP contribution in [-0.4, -0.2) is 55.4 Å². The molecule has 2 bridgehead atoms. The van der Waals surface area contributed by atoms with Gasteiger partial charge in [0.1, 0.15) is 18.0 Å². The molecule has 0 unspecified atom stereocenters. The third kappa shape index (κ3) is 2.94. The lowest BCUT2D eigenvalue weighted by Gasteiger charge is -2.48. The molecule has 2 aliphatic carbocycles. The topological polar surface area (TPSA) is 80.3 Å². The molecule has 0 amide bonds. The van der Waals surface area contributed by atoms with E-state index in [1.165, 1.54) is 7.11 Å². The molecule has 2 saturated carbocycles. The smallest absolute Gasteiger partial charge is 0.315 e. The lowest BCUT2D eigenvalue weighted by Crippen LogP contribution is -2.60. The van der Waals surface area contributed by atoms with E-state index < -0.39 is 34.4 Å². The van der Waals surface area contributed by atoms with E-state index in [-0.39, 0.29) is 37.5 Å². The van der Waals surface area contributed by atoms with Crippen LogP contribution < -0.4 is 0 Å². The first kappa shape index (κ1) is 20.7. The minimum Gasteiger partial charge on any atom is -0.465 e. The molecule has 7 heteroatoms. The van der Waals surface area contributed by atoms with E-state index in [2.05, 4.69) is 0 Å². The predicted octanol–water partition coefficient (Wildman–Crippen LogP) is 2.45. The maximum Gasteiger partial charge on any atom is 0.315 e. The van der Waals surface area contributed by atoms with E-state index in [9.17, 15) is 9.59 Å². The predicted molar refractivity (Wildman–Crippen MR) is 95.8 cm³/mol. The van der Waals surface area contributed by atoms with Crippen molar-refractivity contribution in [2.24, 2.45) is 17.3 Å². The molecule has 1 saturated heterocycles. The van der Waals surface area contributed by atoms with Gasteiger partial charge in [-0.25, -0.2) is 0 Å². The van der Waals surface area contributed by atoms with Gasteiger partial charge in [-0.1, -0.05) is 0 Å². The number of hydrogen-bond donors (Lipinski definition) is 0. The van der Waals surface area contributed by atoms with E-state index >= 15 is 0 Å². The number of esters is 1. The molecule has 3 fully saturated rings. The number of ether oxygens (including phenoxy) is 5. The van der Waals surface area contributed by atoms with Gasteiger partial charge in [0, 0.05) is 25.4 Å². The third-order valence-corrected chi connectivity index (χ3v) is 6.55. The van der Waals surface area contributed by atoms with Gasteiger partial charge in [-0.15, -0.1) is 0 Å². The minimum absolute atomic E-state index is 0.0125. The first-order valence-corrected chi connectivity index (χ1v) is 9.65. The fraction of sp³-hybridized carbons (Fsp3) is 0.900. The number of hydrogen-bond acceptors (Lipinski definition) is 7. The molecule has 0 aromatic rings. The lowest BCUT2D eigenvalue weighted by molar-refractivity contribution is -0.215. The highest BCUT2D eigenvalue weighted by molar-refractivity contribution is 5.92. The van der Waals surface area contributed by atoms with Crippen molar-refractivity contribution in [2.45, 2.75) is 77.5 Å². The van der Waals surface area contributed by atoms with Gasteiger partial charge in [0.2, 0.25) is 0 Å². The zero-order chi connectivity index (χ0) is 20.3. The van der Waals surface area contributed by atoms with Gasteiger partial charge < -0.3 is 23.7 Å². The Morgan fingerprint density at radius 1 is 1.22 bits per heavy atom. The number of ketones is 1. The van der Waals surface area contributed by atoms with Crippen LogP contribution in [0, 0.1) is 17.3 Å². The van der Waals surface area contributed by atoms with Crippen LogP contribution >= 0.6 is 0 Å². The molecular formula is C20H32O7. The van der Waals surface area contributed by atoms with Crippen LogP contribution in [0.1, 0.15) is 54.4 Å². The molecule has 3 aliphatic rings. The van der Waals surface area contributed by atoms with Crippen LogP contribution in [0.4, 0.5) is 0 Å². The summed E-state index contributed by atoms with van der Waals surface area (Å²) in [6.45, 7) is 11.5. The maximum absolute atomic E-state index is 13.2. The Bertz CT molecular complexity index is 628. The molecule has 1 heterocycles. The Balaban J connectivity index is 2.08. The molecule has 0 aromatic heterocycles.